The first-order valence-electron chi connectivity index (χ1n) is 12.3. The van der Waals surface area contributed by atoms with Gasteiger partial charge in [0.25, 0.3) is 23.3 Å². The van der Waals surface area contributed by atoms with Crippen LogP contribution in [0.15, 0.2) is 35.3 Å². The normalized spacial score (nSPS) is 27.2. The maximum Gasteiger partial charge on any atom is 0.273 e. The van der Waals surface area contributed by atoms with Gasteiger partial charge < -0.3 is 20.1 Å². The van der Waals surface area contributed by atoms with Gasteiger partial charge in [0.05, 0.1) is 22.9 Å². The highest BCUT2D eigenvalue weighted by Gasteiger charge is 2.55. The second-order valence-electron chi connectivity index (χ2n) is 10.7. The topological polar surface area (TPSA) is 66.4 Å². The third-order valence-electron chi connectivity index (χ3n) is 7.91. The zero-order valence-electron chi connectivity index (χ0n) is 20.7. The predicted octanol–water partition coefficient (Wildman–Crippen LogP) is 4.53. The van der Waals surface area contributed by atoms with Crippen LogP contribution in [0.25, 0.3) is 0 Å². The van der Waals surface area contributed by atoms with E-state index in [1.165, 1.54) is 19.1 Å². The van der Waals surface area contributed by atoms with Gasteiger partial charge in [0, 0.05) is 50.3 Å². The fraction of sp³-hybridized carbons (Fsp3) is 0.538. The number of alkyl halides is 4. The highest BCUT2D eigenvalue weighted by Crippen LogP contribution is 2.48. The summed E-state index contributed by atoms with van der Waals surface area (Å²) in [5.74, 6) is -7.64. The molecule has 3 fully saturated rings. The van der Waals surface area contributed by atoms with Gasteiger partial charge in [-0.25, -0.2) is 22.0 Å². The molecule has 2 N–H and O–H groups in total. The van der Waals surface area contributed by atoms with Gasteiger partial charge in [0.2, 0.25) is 0 Å². The molecular weight excluding hydrogens is 495 g/mol. The zero-order valence-corrected chi connectivity index (χ0v) is 20.7. The van der Waals surface area contributed by atoms with Gasteiger partial charge in [-0.05, 0) is 32.2 Å². The maximum absolute atomic E-state index is 14.9. The van der Waals surface area contributed by atoms with Crippen molar-refractivity contribution in [1.82, 2.24) is 14.8 Å². The number of fused-ring (bicyclic) bond motifs is 1. The lowest BCUT2D eigenvalue weighted by Gasteiger charge is -2.37. The van der Waals surface area contributed by atoms with Crippen LogP contribution in [0.1, 0.15) is 60.3 Å². The number of carbonyl (C=O) groups excluding carboxylic acids is 1. The molecule has 1 amide bonds. The minimum atomic E-state index is -3.42. The Bertz CT molecular complexity index is 1280. The fourth-order valence-electron chi connectivity index (χ4n) is 5.63. The van der Waals surface area contributed by atoms with Crippen LogP contribution >= 0.6 is 0 Å². The average molecular weight is 525 g/mol. The highest BCUT2D eigenvalue weighted by molar-refractivity contribution is 5.99. The molecule has 2 aromatic rings. The van der Waals surface area contributed by atoms with E-state index < -0.39 is 46.8 Å². The molecule has 1 aromatic carbocycles. The van der Waals surface area contributed by atoms with Crippen LogP contribution in [0.5, 0.6) is 0 Å². The number of carbonyl (C=O) groups is 1. The average Bonchev–Trinajstić information content (AvgIpc) is 3.23. The summed E-state index contributed by atoms with van der Waals surface area (Å²) in [7, 11) is 2.01. The lowest BCUT2D eigenvalue weighted by Crippen LogP contribution is -2.45. The van der Waals surface area contributed by atoms with E-state index >= 15 is 0 Å². The summed E-state index contributed by atoms with van der Waals surface area (Å²) >= 11 is 0. The Morgan fingerprint density at radius 1 is 1.22 bits per heavy atom. The van der Waals surface area contributed by atoms with E-state index in [9.17, 15) is 31.5 Å². The van der Waals surface area contributed by atoms with E-state index in [0.29, 0.717) is 18.8 Å². The monoisotopic (exact) mass is 524 g/mol. The SMILES string of the molecule is C[C@@H](NC(=O)c1cn([C@H]2CCC2(F)F)c(=O)cc1NC1[C@H]2CN(C)C[C@@H]12)c1cccc(C(C)(F)F)c1F. The summed E-state index contributed by atoms with van der Waals surface area (Å²) in [5, 5.41) is 5.83. The third-order valence-corrected chi connectivity index (χ3v) is 7.91. The molecule has 2 heterocycles. The number of benzene rings is 1. The molecule has 6 nitrogen and oxygen atoms in total. The third kappa shape index (κ3) is 4.62. The van der Waals surface area contributed by atoms with Crippen LogP contribution in [-0.4, -0.2) is 47.5 Å². The summed E-state index contributed by atoms with van der Waals surface area (Å²) in [4.78, 5) is 28.3. The quantitative estimate of drug-likeness (QED) is 0.523. The van der Waals surface area contributed by atoms with E-state index in [1.54, 1.807) is 0 Å². The number of hydrogen-bond acceptors (Lipinski definition) is 4. The van der Waals surface area contributed by atoms with Crippen LogP contribution in [0.3, 0.4) is 0 Å². The first-order valence-corrected chi connectivity index (χ1v) is 12.3. The molecule has 2 saturated carbocycles. The fourth-order valence-corrected chi connectivity index (χ4v) is 5.63. The Morgan fingerprint density at radius 3 is 2.46 bits per heavy atom. The van der Waals surface area contributed by atoms with Crippen molar-refractivity contribution in [3.63, 3.8) is 0 Å². The second-order valence-corrected chi connectivity index (χ2v) is 10.7. The highest BCUT2D eigenvalue weighted by atomic mass is 19.3. The molecule has 0 radical (unpaired) electrons. The van der Waals surface area contributed by atoms with Crippen LogP contribution in [0.2, 0.25) is 0 Å². The minimum absolute atomic E-state index is 0.0372. The largest absolute Gasteiger partial charge is 0.381 e. The van der Waals surface area contributed by atoms with Crippen molar-refractivity contribution in [3.8, 4) is 0 Å². The molecule has 1 aromatic heterocycles. The molecule has 1 unspecified atom stereocenters. The molecule has 1 aliphatic heterocycles. The number of amides is 1. The van der Waals surface area contributed by atoms with Gasteiger partial charge in [0.15, 0.2) is 0 Å². The smallest absolute Gasteiger partial charge is 0.273 e. The Morgan fingerprint density at radius 2 is 1.89 bits per heavy atom. The number of halogens is 5. The van der Waals surface area contributed by atoms with Crippen LogP contribution < -0.4 is 16.2 Å². The van der Waals surface area contributed by atoms with Crippen LogP contribution in [0.4, 0.5) is 27.6 Å². The molecule has 5 rings (SSSR count). The molecule has 11 heteroatoms. The second kappa shape index (κ2) is 8.82. The van der Waals surface area contributed by atoms with Crippen LogP contribution in [0, 0.1) is 17.7 Å². The Hall–Kier alpha value is -2.95. The number of nitrogens with one attached hydrogen (secondary N) is 2. The summed E-state index contributed by atoms with van der Waals surface area (Å²) in [6.45, 7) is 3.76. The Labute approximate surface area is 210 Å². The molecule has 200 valence electrons. The van der Waals surface area contributed by atoms with Gasteiger partial charge in [0.1, 0.15) is 11.9 Å². The van der Waals surface area contributed by atoms with Crippen molar-refractivity contribution >= 4 is 11.6 Å². The van der Waals surface area contributed by atoms with Gasteiger partial charge >= 0.3 is 0 Å². The lowest BCUT2D eigenvalue weighted by molar-refractivity contribution is -0.123. The van der Waals surface area contributed by atoms with Gasteiger partial charge in [-0.1, -0.05) is 18.2 Å². The van der Waals surface area contributed by atoms with E-state index in [4.69, 9.17) is 0 Å². The number of likely N-dealkylation sites (tertiary alicyclic amines) is 1. The molecule has 37 heavy (non-hydrogen) atoms. The summed E-state index contributed by atoms with van der Waals surface area (Å²) in [6.07, 6.45) is 0.875. The van der Waals surface area contributed by atoms with Crippen molar-refractivity contribution in [1.29, 1.82) is 0 Å². The number of piperidine rings is 1. The number of pyridine rings is 1. The van der Waals surface area contributed by atoms with Crippen molar-refractivity contribution < 1.29 is 26.7 Å². The van der Waals surface area contributed by atoms with Crippen molar-refractivity contribution in [3.05, 3.63) is 63.3 Å². The zero-order chi connectivity index (χ0) is 26.9. The minimum Gasteiger partial charge on any atom is -0.381 e. The number of rotatable bonds is 7. The molecule has 5 atom stereocenters. The molecular formula is C26H29F5N4O2. The molecule has 0 spiro atoms. The number of anilines is 1. The summed E-state index contributed by atoms with van der Waals surface area (Å²) < 4.78 is 71.7. The number of aromatic nitrogens is 1. The molecule has 0 bridgehead atoms. The molecule has 2 aliphatic carbocycles. The number of nitrogens with zero attached hydrogens (tertiary/aromatic N) is 2. The summed E-state index contributed by atoms with van der Waals surface area (Å²) in [6, 6.07) is 2.39. The van der Waals surface area contributed by atoms with E-state index in [0.717, 1.165) is 36.0 Å². The number of hydrogen-bond donors (Lipinski definition) is 2. The van der Waals surface area contributed by atoms with E-state index in [1.807, 2.05) is 7.05 Å². The Kier molecular flexibility index (Phi) is 6.12. The first-order chi connectivity index (χ1) is 17.3. The molecule has 1 saturated heterocycles. The van der Waals surface area contributed by atoms with Gasteiger partial charge in [-0.3, -0.25) is 9.59 Å². The summed E-state index contributed by atoms with van der Waals surface area (Å²) in [5.41, 5.74) is -1.40. The molecule has 3 aliphatic rings. The van der Waals surface area contributed by atoms with Gasteiger partial charge in [-0.15, -0.1) is 0 Å². The van der Waals surface area contributed by atoms with E-state index in [2.05, 4.69) is 15.5 Å². The predicted molar refractivity (Wildman–Crippen MR) is 128 cm³/mol. The Balaban J connectivity index is 1.45. The van der Waals surface area contributed by atoms with Crippen molar-refractivity contribution in [2.24, 2.45) is 11.8 Å². The maximum atomic E-state index is 14.9. The van der Waals surface area contributed by atoms with Crippen molar-refractivity contribution in [2.75, 3.05) is 25.5 Å². The lowest BCUT2D eigenvalue weighted by atomic mass is 9.87. The van der Waals surface area contributed by atoms with Crippen molar-refractivity contribution in [2.45, 2.75) is 56.7 Å². The van der Waals surface area contributed by atoms with Gasteiger partial charge in [-0.2, -0.15) is 0 Å². The van der Waals surface area contributed by atoms with Crippen LogP contribution in [-0.2, 0) is 5.92 Å². The standard InChI is InChI=1S/C26H29F5N4O2/c1-13(14-5-4-6-18(22(14)27)25(2,28)29)32-24(37)17-12-35(20-7-8-26(20,30)31)21(36)9-19(17)33-23-15-10-34(3)11-16(15)23/h4-6,9,12-13,15-16,20,23,33H,7-8,10-11H2,1-3H3,(H,32,37)/t13-,15-,16+,20+,23?/m1/s1. The first kappa shape index (κ1) is 25.7. The van der Waals surface area contributed by atoms with E-state index in [-0.39, 0.29) is 35.7 Å².